The molecule has 1 fully saturated rings. The standard InChI is InChI=1S/C60H70BN3/c1-39-35-52-54-53(36-39)63(44-28-23-41(24-29-44)56(5,6)7)51-38-45(64-49-20-16-15-19-46(49)58(11,12)59(13)33-17-18-34-60(59,64)14)30-31-47(51)61(54)48-37-42(57(8,9)10)25-32-50(48)62(52)43-26-21-40(22-27-43)55(2,3)4/h15-16,19-32,35-38H,17-18,33-34H2,1-14H3. The van der Waals surface area contributed by atoms with Crippen LogP contribution in [0.4, 0.5) is 45.5 Å². The lowest BCUT2D eigenvalue weighted by molar-refractivity contribution is 0.0106. The molecule has 0 saturated heterocycles. The second kappa shape index (κ2) is 14.1. The summed E-state index contributed by atoms with van der Waals surface area (Å²) in [7, 11) is 0. The van der Waals surface area contributed by atoms with E-state index >= 15 is 0 Å². The van der Waals surface area contributed by atoms with Crippen molar-refractivity contribution in [3.05, 3.63) is 149 Å². The Bertz CT molecular complexity index is 2810. The molecule has 3 aliphatic heterocycles. The third-order valence-corrected chi connectivity index (χ3v) is 16.8. The number of benzene rings is 6. The molecular formula is C60H70BN3. The van der Waals surface area contributed by atoms with Crippen molar-refractivity contribution < 1.29 is 0 Å². The summed E-state index contributed by atoms with van der Waals surface area (Å²) in [5, 5.41) is 0. The maximum atomic E-state index is 2.79. The minimum Gasteiger partial charge on any atom is -0.335 e. The van der Waals surface area contributed by atoms with Gasteiger partial charge in [0.05, 0.1) is 0 Å². The van der Waals surface area contributed by atoms with Gasteiger partial charge in [-0.15, -0.1) is 0 Å². The summed E-state index contributed by atoms with van der Waals surface area (Å²) in [5.74, 6) is 0. The maximum Gasteiger partial charge on any atom is 0.252 e. The fraction of sp³-hybridized carbons (Fsp3) is 0.400. The van der Waals surface area contributed by atoms with Crippen LogP contribution in [0.15, 0.2) is 121 Å². The van der Waals surface area contributed by atoms with Gasteiger partial charge in [0.1, 0.15) is 0 Å². The summed E-state index contributed by atoms with van der Waals surface area (Å²) >= 11 is 0. The Labute approximate surface area is 386 Å². The van der Waals surface area contributed by atoms with Crippen molar-refractivity contribution in [3.63, 3.8) is 0 Å². The van der Waals surface area contributed by atoms with Gasteiger partial charge in [-0.25, -0.2) is 0 Å². The zero-order valence-electron chi connectivity index (χ0n) is 41.3. The van der Waals surface area contributed by atoms with E-state index in [0.29, 0.717) is 0 Å². The van der Waals surface area contributed by atoms with Crippen molar-refractivity contribution in [2.24, 2.45) is 5.41 Å². The molecule has 3 heterocycles. The summed E-state index contributed by atoms with van der Waals surface area (Å²) in [6.45, 7) is 33.5. The van der Waals surface area contributed by atoms with Crippen molar-refractivity contribution in [2.75, 3.05) is 14.7 Å². The number of rotatable bonds is 3. The van der Waals surface area contributed by atoms with Crippen molar-refractivity contribution >= 4 is 68.6 Å². The van der Waals surface area contributed by atoms with Crippen molar-refractivity contribution in [3.8, 4) is 0 Å². The number of hydrogen-bond donors (Lipinski definition) is 0. The highest BCUT2D eigenvalue weighted by atomic mass is 15.2. The van der Waals surface area contributed by atoms with Gasteiger partial charge in [0.25, 0.3) is 6.71 Å². The van der Waals surface area contributed by atoms with Gasteiger partial charge in [-0.3, -0.25) is 0 Å². The van der Waals surface area contributed by atoms with Crippen LogP contribution in [0, 0.1) is 12.3 Å². The van der Waals surface area contributed by atoms with E-state index in [1.165, 1.54) is 115 Å². The first-order valence-corrected chi connectivity index (χ1v) is 24.2. The first kappa shape index (κ1) is 42.7. The predicted octanol–water partition coefficient (Wildman–Crippen LogP) is 14.7. The molecule has 328 valence electrons. The molecule has 4 heteroatoms. The van der Waals surface area contributed by atoms with Crippen LogP contribution in [0.3, 0.4) is 0 Å². The van der Waals surface area contributed by atoms with Crippen LogP contribution in [-0.2, 0) is 21.7 Å². The zero-order chi connectivity index (χ0) is 45.5. The van der Waals surface area contributed by atoms with E-state index in [4.69, 9.17) is 0 Å². The lowest BCUT2D eigenvalue weighted by Crippen LogP contribution is -2.67. The largest absolute Gasteiger partial charge is 0.335 e. The molecule has 3 nitrogen and oxygen atoms in total. The van der Waals surface area contributed by atoms with Gasteiger partial charge in [0.15, 0.2) is 0 Å². The second-order valence-electron chi connectivity index (χ2n) is 24.0. The van der Waals surface area contributed by atoms with Crippen LogP contribution < -0.4 is 31.1 Å². The summed E-state index contributed by atoms with van der Waals surface area (Å²) in [6, 6.07) is 48.0. The maximum absolute atomic E-state index is 2.79. The zero-order valence-corrected chi connectivity index (χ0v) is 41.3. The first-order chi connectivity index (χ1) is 30.0. The molecule has 6 aromatic carbocycles. The molecule has 0 bridgehead atoms. The van der Waals surface area contributed by atoms with Crippen molar-refractivity contribution in [1.82, 2.24) is 0 Å². The Morgan fingerprint density at radius 3 is 1.56 bits per heavy atom. The first-order valence-electron chi connectivity index (χ1n) is 24.2. The Balaban J connectivity index is 1.27. The summed E-state index contributed by atoms with van der Waals surface area (Å²) in [4.78, 5) is 7.98. The van der Waals surface area contributed by atoms with Gasteiger partial charge in [-0.2, -0.15) is 0 Å². The predicted molar refractivity (Wildman–Crippen MR) is 278 cm³/mol. The van der Waals surface area contributed by atoms with E-state index in [-0.39, 0.29) is 39.3 Å². The van der Waals surface area contributed by atoms with Gasteiger partial charge in [-0.1, -0.05) is 157 Å². The molecule has 6 aromatic rings. The minimum absolute atomic E-state index is 0.00961. The third kappa shape index (κ3) is 6.20. The third-order valence-electron chi connectivity index (χ3n) is 16.8. The van der Waals surface area contributed by atoms with Crippen LogP contribution in [-0.4, -0.2) is 12.3 Å². The topological polar surface area (TPSA) is 9.72 Å². The molecule has 0 aromatic heterocycles. The van der Waals surface area contributed by atoms with E-state index in [1.54, 1.807) is 0 Å². The second-order valence-corrected chi connectivity index (χ2v) is 24.0. The van der Waals surface area contributed by atoms with E-state index in [9.17, 15) is 0 Å². The number of hydrogen-bond acceptors (Lipinski definition) is 3. The van der Waals surface area contributed by atoms with Crippen LogP contribution in [0.1, 0.15) is 144 Å². The van der Waals surface area contributed by atoms with Crippen LogP contribution in [0.5, 0.6) is 0 Å². The van der Waals surface area contributed by atoms with Gasteiger partial charge in [-0.05, 0) is 153 Å². The molecule has 2 atom stereocenters. The molecule has 0 N–H and O–H groups in total. The fourth-order valence-electron chi connectivity index (χ4n) is 12.5. The number of para-hydroxylation sites is 1. The Morgan fingerprint density at radius 1 is 0.469 bits per heavy atom. The Morgan fingerprint density at radius 2 is 0.984 bits per heavy atom. The van der Waals surface area contributed by atoms with Crippen molar-refractivity contribution in [2.45, 2.75) is 150 Å². The number of fused-ring (bicyclic) bond motifs is 6. The summed E-state index contributed by atoms with van der Waals surface area (Å²) in [5.41, 5.74) is 21.1. The number of aryl methyl sites for hydroxylation is 1. The molecule has 4 aliphatic rings. The van der Waals surface area contributed by atoms with Gasteiger partial charge in [0.2, 0.25) is 0 Å². The molecule has 2 unspecified atom stereocenters. The normalized spacial score (nSPS) is 21.2. The van der Waals surface area contributed by atoms with Crippen molar-refractivity contribution in [1.29, 1.82) is 0 Å². The highest BCUT2D eigenvalue weighted by Gasteiger charge is 2.62. The van der Waals surface area contributed by atoms with Crippen LogP contribution in [0.25, 0.3) is 0 Å². The minimum atomic E-state index is -0.0745. The smallest absolute Gasteiger partial charge is 0.252 e. The monoisotopic (exact) mass is 844 g/mol. The molecule has 64 heavy (non-hydrogen) atoms. The number of nitrogens with zero attached hydrogens (tertiary/aromatic N) is 3. The summed E-state index contributed by atoms with van der Waals surface area (Å²) < 4.78 is 0. The van der Waals surface area contributed by atoms with E-state index in [0.717, 1.165) is 0 Å². The SMILES string of the molecule is Cc1cc2c3c(c1)N(c1ccc(C(C)(C)C)cc1)c1cc(N4c5ccccc5C(C)(C)C5(C)CCCCC45C)ccc1B3c1cc(C(C)(C)C)ccc1N2c1ccc(C(C)(C)C)cc1. The molecule has 0 amide bonds. The van der Waals surface area contributed by atoms with E-state index < -0.39 is 0 Å². The average Bonchev–Trinajstić information content (AvgIpc) is 3.23. The van der Waals surface area contributed by atoms with E-state index in [1.807, 2.05) is 0 Å². The molecule has 10 rings (SSSR count). The Kier molecular flexibility index (Phi) is 9.44. The fourth-order valence-corrected chi connectivity index (χ4v) is 12.5. The lowest BCUT2D eigenvalue weighted by atomic mass is 9.33. The van der Waals surface area contributed by atoms with Gasteiger partial charge >= 0.3 is 0 Å². The quantitative estimate of drug-likeness (QED) is 0.164. The van der Waals surface area contributed by atoms with E-state index in [2.05, 4.69) is 233 Å². The average molecular weight is 844 g/mol. The molecule has 1 saturated carbocycles. The molecule has 1 aliphatic carbocycles. The molecular weight excluding hydrogens is 773 g/mol. The summed E-state index contributed by atoms with van der Waals surface area (Å²) in [6.07, 6.45) is 4.91. The highest BCUT2D eigenvalue weighted by Crippen LogP contribution is 2.65. The van der Waals surface area contributed by atoms with Crippen LogP contribution in [0.2, 0.25) is 0 Å². The van der Waals surface area contributed by atoms with Gasteiger partial charge in [0, 0.05) is 56.5 Å². The van der Waals surface area contributed by atoms with Crippen LogP contribution >= 0.6 is 0 Å². The van der Waals surface area contributed by atoms with Gasteiger partial charge < -0.3 is 14.7 Å². The lowest BCUT2D eigenvalue weighted by Gasteiger charge is -2.66. The number of anilines is 8. The highest BCUT2D eigenvalue weighted by molar-refractivity contribution is 7.00. The molecule has 0 spiro atoms. The Hall–Kier alpha value is -5.22. The molecule has 0 radical (unpaired) electrons.